The molecule has 1 unspecified atom stereocenters. The molecule has 0 aliphatic carbocycles. The summed E-state index contributed by atoms with van der Waals surface area (Å²) >= 11 is 0. The Labute approximate surface area is 102 Å². The Hall–Kier alpha value is -1.08. The van der Waals surface area contributed by atoms with E-state index in [-0.39, 0.29) is 6.04 Å². The van der Waals surface area contributed by atoms with Gasteiger partial charge in [0.25, 0.3) is 0 Å². The standard InChI is InChI=1S/C10H20N4O2S/c1-8(2)14-7-10(6-12-14)13-17(15,16)9(3)5-11-4/h6-9,11,13H,5H2,1-4H3. The fourth-order valence-electron chi connectivity index (χ4n) is 1.34. The van der Waals surface area contributed by atoms with E-state index in [0.29, 0.717) is 12.2 Å². The highest BCUT2D eigenvalue weighted by Gasteiger charge is 2.20. The molecule has 0 saturated carbocycles. The van der Waals surface area contributed by atoms with Crippen molar-refractivity contribution in [2.24, 2.45) is 0 Å². The van der Waals surface area contributed by atoms with Crippen LogP contribution >= 0.6 is 0 Å². The van der Waals surface area contributed by atoms with E-state index < -0.39 is 15.3 Å². The second kappa shape index (κ2) is 5.50. The van der Waals surface area contributed by atoms with Crippen molar-refractivity contribution in [3.63, 3.8) is 0 Å². The fraction of sp³-hybridized carbons (Fsp3) is 0.700. The van der Waals surface area contributed by atoms with Crippen LogP contribution in [0.1, 0.15) is 26.8 Å². The Kier molecular flexibility index (Phi) is 4.53. The maximum atomic E-state index is 11.9. The number of nitrogens with one attached hydrogen (secondary N) is 2. The van der Waals surface area contributed by atoms with Gasteiger partial charge in [-0.2, -0.15) is 5.10 Å². The van der Waals surface area contributed by atoms with Crippen LogP contribution < -0.4 is 10.0 Å². The van der Waals surface area contributed by atoms with Crippen molar-refractivity contribution in [2.45, 2.75) is 32.1 Å². The van der Waals surface area contributed by atoms with Gasteiger partial charge in [-0.05, 0) is 27.8 Å². The highest BCUT2D eigenvalue weighted by molar-refractivity contribution is 7.93. The van der Waals surface area contributed by atoms with Crippen molar-refractivity contribution in [3.05, 3.63) is 12.4 Å². The SMILES string of the molecule is CNCC(C)S(=O)(=O)Nc1cnn(C(C)C)c1. The number of nitrogens with zero attached hydrogens (tertiary/aromatic N) is 2. The Morgan fingerprint density at radius 1 is 1.41 bits per heavy atom. The predicted molar refractivity (Wildman–Crippen MR) is 68.5 cm³/mol. The van der Waals surface area contributed by atoms with Gasteiger partial charge in [0.2, 0.25) is 10.0 Å². The van der Waals surface area contributed by atoms with Crippen molar-refractivity contribution in [3.8, 4) is 0 Å². The van der Waals surface area contributed by atoms with Crippen LogP contribution in [-0.2, 0) is 10.0 Å². The van der Waals surface area contributed by atoms with Crippen LogP contribution in [0.15, 0.2) is 12.4 Å². The summed E-state index contributed by atoms with van der Waals surface area (Å²) < 4.78 is 28.0. The predicted octanol–water partition coefficient (Wildman–Crippen LogP) is 0.814. The second-order valence-electron chi connectivity index (χ2n) is 4.32. The molecule has 0 fully saturated rings. The molecule has 1 aromatic heterocycles. The van der Waals surface area contributed by atoms with Gasteiger partial charge in [0.05, 0.1) is 17.1 Å². The number of aromatic nitrogens is 2. The lowest BCUT2D eigenvalue weighted by Gasteiger charge is -2.12. The van der Waals surface area contributed by atoms with Crippen molar-refractivity contribution in [2.75, 3.05) is 18.3 Å². The Bertz CT molecular complexity index is 453. The molecule has 17 heavy (non-hydrogen) atoms. The van der Waals surface area contributed by atoms with Gasteiger partial charge in [-0.25, -0.2) is 8.42 Å². The molecule has 0 radical (unpaired) electrons. The van der Waals surface area contributed by atoms with Crippen LogP contribution in [-0.4, -0.2) is 37.0 Å². The van der Waals surface area contributed by atoms with E-state index in [0.717, 1.165) is 0 Å². The van der Waals surface area contributed by atoms with Gasteiger partial charge < -0.3 is 5.32 Å². The van der Waals surface area contributed by atoms with Crippen molar-refractivity contribution >= 4 is 15.7 Å². The van der Waals surface area contributed by atoms with Gasteiger partial charge in [-0.3, -0.25) is 9.40 Å². The number of rotatable bonds is 6. The minimum Gasteiger partial charge on any atom is -0.318 e. The largest absolute Gasteiger partial charge is 0.318 e. The van der Waals surface area contributed by atoms with E-state index >= 15 is 0 Å². The normalized spacial score (nSPS) is 13.9. The molecule has 1 rings (SSSR count). The van der Waals surface area contributed by atoms with Crippen molar-refractivity contribution in [1.29, 1.82) is 0 Å². The van der Waals surface area contributed by atoms with E-state index in [1.54, 1.807) is 24.9 Å². The fourth-order valence-corrected chi connectivity index (χ4v) is 2.36. The molecule has 0 amide bonds. The van der Waals surface area contributed by atoms with E-state index in [2.05, 4.69) is 15.1 Å². The highest BCUT2D eigenvalue weighted by Crippen LogP contribution is 2.13. The second-order valence-corrected chi connectivity index (χ2v) is 6.42. The summed E-state index contributed by atoms with van der Waals surface area (Å²) in [7, 11) is -1.63. The highest BCUT2D eigenvalue weighted by atomic mass is 32.2. The first-order valence-electron chi connectivity index (χ1n) is 5.57. The molecule has 0 aliphatic rings. The minimum atomic E-state index is -3.35. The van der Waals surface area contributed by atoms with Gasteiger partial charge in [0, 0.05) is 18.8 Å². The molecule has 0 saturated heterocycles. The van der Waals surface area contributed by atoms with Crippen LogP contribution in [0.5, 0.6) is 0 Å². The Morgan fingerprint density at radius 3 is 2.53 bits per heavy atom. The molecule has 0 aromatic carbocycles. The maximum absolute atomic E-state index is 11.9. The van der Waals surface area contributed by atoms with E-state index in [4.69, 9.17) is 0 Å². The summed E-state index contributed by atoms with van der Waals surface area (Å²) in [5, 5.41) is 6.43. The molecule has 0 spiro atoms. The van der Waals surface area contributed by atoms with E-state index in [1.165, 1.54) is 6.20 Å². The molecule has 0 aliphatic heterocycles. The molecule has 6 nitrogen and oxygen atoms in total. The number of hydrogen-bond acceptors (Lipinski definition) is 4. The first kappa shape index (κ1) is 14.0. The van der Waals surface area contributed by atoms with Crippen molar-refractivity contribution < 1.29 is 8.42 Å². The zero-order valence-electron chi connectivity index (χ0n) is 10.6. The molecule has 1 heterocycles. The van der Waals surface area contributed by atoms with Crippen LogP contribution in [0, 0.1) is 0 Å². The van der Waals surface area contributed by atoms with Gasteiger partial charge in [0.15, 0.2) is 0 Å². The molecule has 2 N–H and O–H groups in total. The third kappa shape index (κ3) is 3.71. The third-order valence-corrected chi connectivity index (χ3v) is 4.16. The average Bonchev–Trinajstić information content (AvgIpc) is 2.66. The molecule has 1 atom stereocenters. The zero-order chi connectivity index (χ0) is 13.1. The maximum Gasteiger partial charge on any atom is 0.236 e. The van der Waals surface area contributed by atoms with Crippen LogP contribution in [0.2, 0.25) is 0 Å². The lowest BCUT2D eigenvalue weighted by Crippen LogP contribution is -2.33. The first-order valence-corrected chi connectivity index (χ1v) is 7.12. The lowest BCUT2D eigenvalue weighted by atomic mass is 10.4. The number of anilines is 1. The minimum absolute atomic E-state index is 0.211. The smallest absolute Gasteiger partial charge is 0.236 e. The van der Waals surface area contributed by atoms with Gasteiger partial charge in [0.1, 0.15) is 0 Å². The monoisotopic (exact) mass is 260 g/mol. The van der Waals surface area contributed by atoms with E-state index in [9.17, 15) is 8.42 Å². The topological polar surface area (TPSA) is 76.0 Å². The van der Waals surface area contributed by atoms with E-state index in [1.807, 2.05) is 13.8 Å². The quantitative estimate of drug-likeness (QED) is 0.793. The Balaban J connectivity index is 2.76. The lowest BCUT2D eigenvalue weighted by molar-refractivity contribution is 0.532. The van der Waals surface area contributed by atoms with Gasteiger partial charge >= 0.3 is 0 Å². The van der Waals surface area contributed by atoms with Crippen LogP contribution in [0.3, 0.4) is 0 Å². The van der Waals surface area contributed by atoms with Gasteiger partial charge in [-0.15, -0.1) is 0 Å². The molecule has 7 heteroatoms. The van der Waals surface area contributed by atoms with Gasteiger partial charge in [-0.1, -0.05) is 0 Å². The summed E-state index contributed by atoms with van der Waals surface area (Å²) in [6, 6.07) is 0.211. The summed E-state index contributed by atoms with van der Waals surface area (Å²) in [5.74, 6) is 0. The first-order chi connectivity index (χ1) is 7.86. The molecule has 0 bridgehead atoms. The van der Waals surface area contributed by atoms with Crippen molar-refractivity contribution in [1.82, 2.24) is 15.1 Å². The third-order valence-electron chi connectivity index (χ3n) is 2.41. The molecule has 1 aromatic rings. The summed E-state index contributed by atoms with van der Waals surface area (Å²) in [6.45, 7) is 6.03. The molecular weight excluding hydrogens is 240 g/mol. The molecule has 98 valence electrons. The summed E-state index contributed by atoms with van der Waals surface area (Å²) in [6.07, 6.45) is 3.21. The Morgan fingerprint density at radius 2 is 2.06 bits per heavy atom. The summed E-state index contributed by atoms with van der Waals surface area (Å²) in [5.41, 5.74) is 0.502. The molecular formula is C10H20N4O2S. The van der Waals surface area contributed by atoms with Crippen LogP contribution in [0.25, 0.3) is 0 Å². The average molecular weight is 260 g/mol. The number of sulfonamides is 1. The zero-order valence-corrected chi connectivity index (χ0v) is 11.5. The number of hydrogen-bond donors (Lipinski definition) is 2. The summed E-state index contributed by atoms with van der Waals surface area (Å²) in [4.78, 5) is 0. The van der Waals surface area contributed by atoms with Crippen LogP contribution in [0.4, 0.5) is 5.69 Å².